The first-order valence-electron chi connectivity index (χ1n) is 9.86. The Bertz CT molecular complexity index is 1250. The molecule has 0 saturated heterocycles. The van der Waals surface area contributed by atoms with E-state index in [4.69, 9.17) is 4.74 Å². The summed E-state index contributed by atoms with van der Waals surface area (Å²) in [5, 5.41) is 0. The van der Waals surface area contributed by atoms with E-state index in [0.717, 1.165) is 22.6 Å². The van der Waals surface area contributed by atoms with Crippen molar-refractivity contribution in [3.8, 4) is 0 Å². The third-order valence-electron chi connectivity index (χ3n) is 5.20. The van der Waals surface area contributed by atoms with Crippen molar-refractivity contribution in [1.29, 1.82) is 0 Å². The lowest BCUT2D eigenvalue weighted by Gasteiger charge is -2.13. The number of imide groups is 1. The molecule has 1 heterocycles. The molecule has 1 aliphatic rings. The molecule has 160 valence electrons. The van der Waals surface area contributed by atoms with E-state index in [-0.39, 0.29) is 28.2 Å². The van der Waals surface area contributed by atoms with Gasteiger partial charge in [-0.3, -0.25) is 14.4 Å². The van der Waals surface area contributed by atoms with Crippen LogP contribution in [0.15, 0.2) is 66.7 Å². The molecule has 0 aliphatic carbocycles. The van der Waals surface area contributed by atoms with Gasteiger partial charge in [-0.2, -0.15) is 0 Å². The number of ether oxygens (including phenoxy) is 1. The molecular formula is C25H18FNO5. The number of hydrogen-bond donors (Lipinski definition) is 0. The molecule has 3 aromatic rings. The van der Waals surface area contributed by atoms with E-state index in [2.05, 4.69) is 0 Å². The van der Waals surface area contributed by atoms with Crippen molar-refractivity contribution in [2.45, 2.75) is 20.0 Å². The second-order valence-electron chi connectivity index (χ2n) is 7.46. The number of aryl methyl sites for hydroxylation is 1. The highest BCUT2D eigenvalue weighted by Gasteiger charge is 2.37. The van der Waals surface area contributed by atoms with Gasteiger partial charge in [0, 0.05) is 5.56 Å². The van der Waals surface area contributed by atoms with E-state index in [9.17, 15) is 23.6 Å². The van der Waals surface area contributed by atoms with Gasteiger partial charge in [-0.05, 0) is 56.3 Å². The van der Waals surface area contributed by atoms with Crippen molar-refractivity contribution < 1.29 is 28.3 Å². The first-order chi connectivity index (χ1) is 15.3. The van der Waals surface area contributed by atoms with Gasteiger partial charge in [0.1, 0.15) is 5.82 Å². The van der Waals surface area contributed by atoms with Crippen LogP contribution in [0.25, 0.3) is 0 Å². The van der Waals surface area contributed by atoms with Crippen LogP contribution in [0.1, 0.15) is 53.9 Å². The largest absolute Gasteiger partial charge is 0.451 e. The summed E-state index contributed by atoms with van der Waals surface area (Å²) in [7, 11) is 0. The SMILES string of the molecule is Cc1ccc(C(=O)C(C)OC(=O)c2ccc3c(c2)C(=O)N(c2ccc(F)cc2)C3=O)cc1. The van der Waals surface area contributed by atoms with Gasteiger partial charge in [0.05, 0.1) is 22.4 Å². The topological polar surface area (TPSA) is 80.8 Å². The predicted octanol–water partition coefficient (Wildman–Crippen LogP) is 4.36. The van der Waals surface area contributed by atoms with Gasteiger partial charge >= 0.3 is 5.97 Å². The third kappa shape index (κ3) is 3.80. The quantitative estimate of drug-likeness (QED) is 0.341. The Morgan fingerprint density at radius 1 is 0.844 bits per heavy atom. The number of anilines is 1. The van der Waals surface area contributed by atoms with Crippen LogP contribution in [0, 0.1) is 12.7 Å². The number of amides is 2. The number of benzene rings is 3. The molecule has 0 aromatic heterocycles. The van der Waals surface area contributed by atoms with Crippen molar-refractivity contribution in [3.05, 3.63) is 100 Å². The summed E-state index contributed by atoms with van der Waals surface area (Å²) in [6.45, 7) is 3.37. The third-order valence-corrected chi connectivity index (χ3v) is 5.20. The number of Topliss-reactive ketones (excluding diaryl/α,β-unsaturated/α-hetero) is 1. The lowest BCUT2D eigenvalue weighted by atomic mass is 10.0. The highest BCUT2D eigenvalue weighted by molar-refractivity contribution is 6.34. The molecule has 0 N–H and O–H groups in total. The van der Waals surface area contributed by atoms with Gasteiger partial charge in [0.2, 0.25) is 5.78 Å². The summed E-state index contributed by atoms with van der Waals surface area (Å²) < 4.78 is 18.5. The number of hydrogen-bond acceptors (Lipinski definition) is 5. The Morgan fingerprint density at radius 2 is 1.44 bits per heavy atom. The number of esters is 1. The zero-order valence-electron chi connectivity index (χ0n) is 17.3. The van der Waals surface area contributed by atoms with Gasteiger partial charge in [0.15, 0.2) is 6.10 Å². The average molecular weight is 431 g/mol. The van der Waals surface area contributed by atoms with Crippen molar-refractivity contribution in [3.63, 3.8) is 0 Å². The fourth-order valence-corrected chi connectivity index (χ4v) is 3.43. The number of rotatable bonds is 5. The van der Waals surface area contributed by atoms with Crippen LogP contribution in [0.4, 0.5) is 10.1 Å². The van der Waals surface area contributed by atoms with E-state index in [1.54, 1.807) is 24.3 Å². The Hall–Kier alpha value is -4.13. The van der Waals surface area contributed by atoms with Crippen LogP contribution in [0.5, 0.6) is 0 Å². The van der Waals surface area contributed by atoms with Crippen molar-refractivity contribution in [2.75, 3.05) is 4.90 Å². The van der Waals surface area contributed by atoms with Gasteiger partial charge in [0.25, 0.3) is 11.8 Å². The molecule has 1 atom stereocenters. The number of carbonyl (C=O) groups is 4. The molecule has 4 rings (SSSR count). The number of ketones is 1. The molecule has 3 aromatic carbocycles. The van der Waals surface area contributed by atoms with Crippen molar-refractivity contribution >= 4 is 29.3 Å². The number of carbonyl (C=O) groups excluding carboxylic acids is 4. The van der Waals surface area contributed by atoms with Gasteiger partial charge in [-0.1, -0.05) is 29.8 Å². The van der Waals surface area contributed by atoms with Crippen LogP contribution in [-0.4, -0.2) is 29.7 Å². The zero-order valence-corrected chi connectivity index (χ0v) is 17.3. The first-order valence-corrected chi connectivity index (χ1v) is 9.86. The molecule has 32 heavy (non-hydrogen) atoms. The molecule has 6 nitrogen and oxygen atoms in total. The molecule has 0 fully saturated rings. The Labute approximate surface area is 183 Å². The molecule has 0 radical (unpaired) electrons. The minimum Gasteiger partial charge on any atom is -0.451 e. The van der Waals surface area contributed by atoms with E-state index in [1.807, 2.05) is 6.92 Å². The molecule has 7 heteroatoms. The van der Waals surface area contributed by atoms with Gasteiger partial charge in [-0.25, -0.2) is 14.1 Å². The standard InChI is InChI=1S/C25H18FNO5/c1-14-3-5-16(6-4-14)22(28)15(2)32-25(31)17-7-12-20-21(13-17)24(30)27(23(20)29)19-10-8-18(26)9-11-19/h3-13,15H,1-2H3. The molecule has 1 unspecified atom stereocenters. The normalized spacial score (nSPS) is 13.7. The minimum absolute atomic E-state index is 0.0336. The molecule has 1 aliphatic heterocycles. The second kappa shape index (κ2) is 8.19. The molecular weight excluding hydrogens is 413 g/mol. The summed E-state index contributed by atoms with van der Waals surface area (Å²) in [6, 6.07) is 15.8. The highest BCUT2D eigenvalue weighted by Crippen LogP contribution is 2.29. The summed E-state index contributed by atoms with van der Waals surface area (Å²) >= 11 is 0. The lowest BCUT2D eigenvalue weighted by Crippen LogP contribution is -2.29. The van der Waals surface area contributed by atoms with E-state index < -0.39 is 29.7 Å². The first kappa shape index (κ1) is 21.1. The average Bonchev–Trinajstić information content (AvgIpc) is 3.04. The molecule has 0 saturated carbocycles. The minimum atomic E-state index is -1.04. The lowest BCUT2D eigenvalue weighted by molar-refractivity contribution is 0.0318. The van der Waals surface area contributed by atoms with Crippen LogP contribution >= 0.6 is 0 Å². The fraction of sp³-hybridized carbons (Fsp3) is 0.120. The van der Waals surface area contributed by atoms with Crippen molar-refractivity contribution in [2.24, 2.45) is 0 Å². The fourth-order valence-electron chi connectivity index (χ4n) is 3.43. The van der Waals surface area contributed by atoms with Crippen LogP contribution in [0.2, 0.25) is 0 Å². The van der Waals surface area contributed by atoms with Crippen LogP contribution in [0.3, 0.4) is 0 Å². The summed E-state index contributed by atoms with van der Waals surface area (Å²) in [6.07, 6.45) is -1.04. The highest BCUT2D eigenvalue weighted by atomic mass is 19.1. The summed E-state index contributed by atoms with van der Waals surface area (Å²) in [4.78, 5) is 51.5. The molecule has 0 spiro atoms. The van der Waals surface area contributed by atoms with E-state index in [0.29, 0.717) is 5.56 Å². The zero-order chi connectivity index (χ0) is 23.0. The maximum Gasteiger partial charge on any atom is 0.338 e. The van der Waals surface area contributed by atoms with Crippen LogP contribution in [-0.2, 0) is 4.74 Å². The summed E-state index contributed by atoms with van der Waals surface area (Å²) in [5.41, 5.74) is 1.83. The van der Waals surface area contributed by atoms with Gasteiger partial charge < -0.3 is 4.74 Å². The Kier molecular flexibility index (Phi) is 5.40. The van der Waals surface area contributed by atoms with E-state index in [1.165, 1.54) is 37.3 Å². The monoisotopic (exact) mass is 431 g/mol. The number of halogens is 1. The molecule has 2 amide bonds. The Balaban J connectivity index is 1.53. The van der Waals surface area contributed by atoms with Crippen LogP contribution < -0.4 is 4.90 Å². The number of nitrogens with zero attached hydrogens (tertiary/aromatic N) is 1. The predicted molar refractivity (Wildman–Crippen MR) is 114 cm³/mol. The second-order valence-corrected chi connectivity index (χ2v) is 7.46. The maximum atomic E-state index is 13.2. The smallest absolute Gasteiger partial charge is 0.338 e. The van der Waals surface area contributed by atoms with E-state index >= 15 is 0 Å². The van der Waals surface area contributed by atoms with Gasteiger partial charge in [-0.15, -0.1) is 0 Å². The maximum absolute atomic E-state index is 13.2. The van der Waals surface area contributed by atoms with Crippen molar-refractivity contribution in [1.82, 2.24) is 0 Å². The summed E-state index contributed by atoms with van der Waals surface area (Å²) in [5.74, 6) is -2.84. The molecule has 0 bridgehead atoms. The number of fused-ring (bicyclic) bond motifs is 1. The Morgan fingerprint density at radius 3 is 2.09 bits per heavy atom.